The third-order valence-corrected chi connectivity index (χ3v) is 5.68. The molecule has 0 spiro atoms. The molecular weight excluding hydrogens is 330 g/mol. The van der Waals surface area contributed by atoms with Crippen LogP contribution in [0.5, 0.6) is 5.75 Å². The normalized spacial score (nSPS) is 12.8. The smallest absolute Gasteiger partial charge is 0.131 e. The van der Waals surface area contributed by atoms with Gasteiger partial charge in [-0.15, -0.1) is 0 Å². The van der Waals surface area contributed by atoms with Crippen molar-refractivity contribution in [1.82, 2.24) is 0 Å². The first kappa shape index (κ1) is 19.9. The average Bonchev–Trinajstić information content (AvgIpc) is 2.47. The van der Waals surface area contributed by atoms with Gasteiger partial charge in [0.2, 0.25) is 0 Å². The van der Waals surface area contributed by atoms with Gasteiger partial charge in [0.15, 0.2) is 0 Å². The van der Waals surface area contributed by atoms with Crippen LogP contribution in [-0.2, 0) is 10.8 Å². The van der Waals surface area contributed by atoms with Gasteiger partial charge in [-0.05, 0) is 41.0 Å². The Morgan fingerprint density at radius 2 is 1.52 bits per heavy atom. The van der Waals surface area contributed by atoms with Crippen molar-refractivity contribution in [2.45, 2.75) is 59.3 Å². The summed E-state index contributed by atoms with van der Waals surface area (Å²) in [6, 6.07) is 9.90. The molecule has 0 saturated carbocycles. The molecule has 25 heavy (non-hydrogen) atoms. The minimum atomic E-state index is -0.140. The van der Waals surface area contributed by atoms with Crippen molar-refractivity contribution in [2.24, 2.45) is 0 Å². The summed E-state index contributed by atoms with van der Waals surface area (Å²) in [5.41, 5.74) is 3.36. The highest BCUT2D eigenvalue weighted by Crippen LogP contribution is 2.37. The highest BCUT2D eigenvalue weighted by Gasteiger charge is 2.26. The second-order valence-electron chi connectivity index (χ2n) is 8.71. The molecule has 0 aliphatic rings. The van der Waals surface area contributed by atoms with Crippen LogP contribution in [0.4, 0.5) is 4.39 Å². The minimum Gasteiger partial charge on any atom is -0.496 e. The maximum absolute atomic E-state index is 14.4. The Labute approximate surface area is 153 Å². The number of aryl methyl sites for hydroxylation is 1. The van der Waals surface area contributed by atoms with E-state index in [9.17, 15) is 4.39 Å². The van der Waals surface area contributed by atoms with E-state index in [1.807, 2.05) is 19.1 Å². The fourth-order valence-corrected chi connectivity index (χ4v) is 4.02. The number of methoxy groups -OCH3 is 1. The Morgan fingerprint density at radius 1 is 0.880 bits per heavy atom. The molecule has 3 heteroatoms. The molecule has 2 aromatic rings. The summed E-state index contributed by atoms with van der Waals surface area (Å²) in [7, 11) is 1.94. The lowest BCUT2D eigenvalue weighted by Crippen LogP contribution is -2.22. The van der Waals surface area contributed by atoms with E-state index < -0.39 is 0 Å². The first-order chi connectivity index (χ1) is 11.4. The van der Waals surface area contributed by atoms with Crippen LogP contribution in [-0.4, -0.2) is 7.11 Å². The van der Waals surface area contributed by atoms with E-state index in [-0.39, 0.29) is 25.2 Å². The van der Waals surface area contributed by atoms with Gasteiger partial charge in [0, 0.05) is 16.2 Å². The Bertz CT molecular complexity index is 767. The summed E-state index contributed by atoms with van der Waals surface area (Å²) < 4.78 is 20.2. The maximum atomic E-state index is 14.4. The number of ether oxygens (including phenoxy) is 1. The monoisotopic (exact) mass is 360 g/mol. The topological polar surface area (TPSA) is 9.23 Å². The van der Waals surface area contributed by atoms with Gasteiger partial charge in [0.05, 0.1) is 7.11 Å². The molecule has 1 nitrogen and oxygen atoms in total. The molecule has 0 N–H and O–H groups in total. The zero-order chi connectivity index (χ0) is 19.0. The maximum Gasteiger partial charge on any atom is 0.131 e. The molecule has 0 bridgehead atoms. The highest BCUT2D eigenvalue weighted by atomic mass is 31.1. The van der Waals surface area contributed by atoms with E-state index >= 15 is 0 Å². The van der Waals surface area contributed by atoms with Crippen molar-refractivity contribution < 1.29 is 9.13 Å². The lowest BCUT2D eigenvalue weighted by atomic mass is 9.80. The quantitative estimate of drug-likeness (QED) is 0.669. The molecule has 0 aliphatic carbocycles. The molecule has 0 saturated heterocycles. The van der Waals surface area contributed by atoms with Crippen LogP contribution in [0.15, 0.2) is 30.3 Å². The number of hydrogen-bond donors (Lipinski definition) is 0. The van der Waals surface area contributed by atoms with Gasteiger partial charge in [-0.2, -0.15) is 0 Å². The summed E-state index contributed by atoms with van der Waals surface area (Å²) in [5, 5.41) is 1.80. The van der Waals surface area contributed by atoms with Gasteiger partial charge in [-0.25, -0.2) is 4.39 Å². The molecule has 2 aromatic carbocycles. The molecule has 0 amide bonds. The van der Waals surface area contributed by atoms with E-state index in [1.165, 1.54) is 11.1 Å². The largest absolute Gasteiger partial charge is 0.496 e. The van der Waals surface area contributed by atoms with Crippen LogP contribution < -0.4 is 15.3 Å². The number of halogens is 1. The fraction of sp³-hybridized carbons (Fsp3) is 0.455. The van der Waals surface area contributed by atoms with E-state index in [2.05, 4.69) is 53.7 Å². The van der Waals surface area contributed by atoms with Crippen LogP contribution in [0, 0.1) is 12.7 Å². The predicted molar refractivity (Wildman–Crippen MR) is 109 cm³/mol. The molecule has 136 valence electrons. The van der Waals surface area contributed by atoms with Crippen LogP contribution in [0.2, 0.25) is 0 Å². The van der Waals surface area contributed by atoms with Crippen LogP contribution in [0.3, 0.4) is 0 Å². The van der Waals surface area contributed by atoms with Gasteiger partial charge in [-0.1, -0.05) is 68.3 Å². The van der Waals surface area contributed by atoms with Crippen LogP contribution in [0.25, 0.3) is 0 Å². The number of rotatable bonds is 3. The molecule has 0 fully saturated rings. The molecule has 0 aliphatic heterocycles. The summed E-state index contributed by atoms with van der Waals surface area (Å²) >= 11 is 0. The Morgan fingerprint density at radius 3 is 2.00 bits per heavy atom. The van der Waals surface area contributed by atoms with Gasteiger partial charge >= 0.3 is 0 Å². The number of benzene rings is 2. The van der Waals surface area contributed by atoms with Crippen molar-refractivity contribution in [3.8, 4) is 5.75 Å². The van der Waals surface area contributed by atoms with Crippen molar-refractivity contribution in [3.05, 3.63) is 52.8 Å². The zero-order valence-electron chi connectivity index (χ0n) is 16.7. The Balaban J connectivity index is 2.66. The predicted octanol–water partition coefficient (Wildman–Crippen LogP) is 5.37. The second kappa shape index (κ2) is 7.08. The summed E-state index contributed by atoms with van der Waals surface area (Å²) in [6.45, 7) is 15.1. The highest BCUT2D eigenvalue weighted by molar-refractivity contribution is 7.55. The van der Waals surface area contributed by atoms with Gasteiger partial charge in [0.1, 0.15) is 11.6 Å². The lowest BCUT2D eigenvalue weighted by Gasteiger charge is -2.29. The van der Waals surface area contributed by atoms with Crippen LogP contribution in [0.1, 0.15) is 58.2 Å². The molecule has 0 aromatic heterocycles. The van der Waals surface area contributed by atoms with E-state index in [0.717, 1.165) is 21.9 Å². The number of hydrogen-bond acceptors (Lipinski definition) is 1. The molecule has 0 radical (unpaired) electrons. The van der Waals surface area contributed by atoms with Gasteiger partial charge in [-0.3, -0.25) is 0 Å². The van der Waals surface area contributed by atoms with E-state index in [4.69, 9.17) is 4.74 Å². The first-order valence-electron chi connectivity index (χ1n) is 8.69. The molecule has 1 unspecified atom stereocenters. The van der Waals surface area contributed by atoms with Crippen molar-refractivity contribution >= 4 is 19.2 Å². The van der Waals surface area contributed by atoms with Crippen molar-refractivity contribution in [3.63, 3.8) is 0 Å². The first-order valence-corrected chi connectivity index (χ1v) is 9.69. The van der Waals surface area contributed by atoms with Crippen molar-refractivity contribution in [1.29, 1.82) is 0 Å². The van der Waals surface area contributed by atoms with Crippen molar-refractivity contribution in [2.75, 3.05) is 7.11 Å². The Kier molecular flexibility index (Phi) is 5.64. The van der Waals surface area contributed by atoms with Crippen LogP contribution >= 0.6 is 8.58 Å². The summed E-state index contributed by atoms with van der Waals surface area (Å²) in [6.07, 6.45) is 0. The molecule has 0 heterocycles. The standard InChI is InChI=1S/C22H30FOP/c1-14-9-10-18(17(23)11-14)25-19-13-15(21(2,3)4)12-16(20(19)24-8)22(5,6)7/h9-13,25H,1-8H3. The average molecular weight is 360 g/mol. The summed E-state index contributed by atoms with van der Waals surface area (Å²) in [4.78, 5) is 0. The third kappa shape index (κ3) is 4.61. The third-order valence-electron chi connectivity index (χ3n) is 4.36. The molecule has 2 rings (SSSR count). The lowest BCUT2D eigenvalue weighted by molar-refractivity contribution is 0.400. The van der Waals surface area contributed by atoms with Gasteiger partial charge < -0.3 is 4.74 Å². The van der Waals surface area contributed by atoms with Gasteiger partial charge in [0.25, 0.3) is 0 Å². The van der Waals surface area contributed by atoms with E-state index in [1.54, 1.807) is 13.2 Å². The van der Waals surface area contributed by atoms with E-state index in [0.29, 0.717) is 0 Å². The molecular formula is C22H30FOP. The Hall–Kier alpha value is -1.40. The minimum absolute atomic E-state index is 0.0251. The molecule has 1 atom stereocenters. The fourth-order valence-electron chi connectivity index (χ4n) is 2.80. The second-order valence-corrected chi connectivity index (χ2v) is 10.0. The SMILES string of the molecule is COc1c(Pc2ccc(C)cc2F)cc(C(C)(C)C)cc1C(C)(C)C. The summed E-state index contributed by atoms with van der Waals surface area (Å²) in [5.74, 6) is 0.748. The zero-order valence-corrected chi connectivity index (χ0v) is 17.7.